The maximum absolute atomic E-state index is 13.6. The van der Waals surface area contributed by atoms with Crippen LogP contribution >= 0.6 is 0 Å². The fraction of sp³-hybridized carbons (Fsp3) is 0.500. The Kier molecular flexibility index (Phi) is 10.1. The molecule has 0 saturated carbocycles. The summed E-state index contributed by atoms with van der Waals surface area (Å²) in [5, 5.41) is 3.28. The minimum atomic E-state index is -0.803. The molecule has 1 amide bonds. The number of allylic oxidation sites excluding steroid dienone is 3. The minimum absolute atomic E-state index is 0.0837. The smallest absolute Gasteiger partial charge is 0.254 e. The van der Waals surface area contributed by atoms with E-state index in [0.29, 0.717) is 41.8 Å². The first-order valence-corrected chi connectivity index (χ1v) is 12.1. The predicted octanol–water partition coefficient (Wildman–Crippen LogP) is 5.24. The van der Waals surface area contributed by atoms with E-state index < -0.39 is 5.79 Å². The quantitative estimate of drug-likeness (QED) is 0.384. The van der Waals surface area contributed by atoms with Crippen molar-refractivity contribution in [3.05, 3.63) is 54.8 Å². The van der Waals surface area contributed by atoms with E-state index in [9.17, 15) is 4.79 Å². The second kappa shape index (κ2) is 12.6. The van der Waals surface area contributed by atoms with Crippen LogP contribution in [0.15, 0.2) is 54.2 Å². The Hall–Kier alpha value is -3.06. The van der Waals surface area contributed by atoms with E-state index in [1.54, 1.807) is 25.3 Å². The lowest BCUT2D eigenvalue weighted by molar-refractivity contribution is -0.0439. The number of nitrogens with one attached hydrogen (secondary N) is 1. The van der Waals surface area contributed by atoms with Gasteiger partial charge in [-0.05, 0) is 32.9 Å². The van der Waals surface area contributed by atoms with Gasteiger partial charge >= 0.3 is 0 Å². The van der Waals surface area contributed by atoms with Crippen molar-refractivity contribution >= 4 is 11.6 Å². The molecule has 1 fully saturated rings. The minimum Gasteiger partial charge on any atom is -0.493 e. The van der Waals surface area contributed by atoms with Crippen molar-refractivity contribution in [2.45, 2.75) is 47.3 Å². The summed E-state index contributed by atoms with van der Waals surface area (Å²) in [6.45, 7) is 21.7. The van der Waals surface area contributed by atoms with Crippen LogP contribution in [0.4, 0.5) is 0 Å². The standard InChI is InChI=1S/C25H35N3O4.C3H6/c1-8-16(3)20(9-2)27-17(4)14-28(15-18-12-26-13-18)24(29)19-10-21(30-7)23-22(11-19)31-25(5,6)32-23;1-3-2/h8-11,16,18,26H,1,12-15H2,2-7H3;3H,1H2,2H3/b20-9+,27-17?;. The van der Waals surface area contributed by atoms with Crippen LogP contribution in [-0.4, -0.2) is 55.6 Å². The zero-order valence-corrected chi connectivity index (χ0v) is 22.3. The maximum atomic E-state index is 13.6. The lowest BCUT2D eigenvalue weighted by Crippen LogP contribution is -2.50. The molecule has 7 heteroatoms. The summed E-state index contributed by atoms with van der Waals surface area (Å²) in [4.78, 5) is 20.2. The van der Waals surface area contributed by atoms with Crippen LogP contribution in [0.25, 0.3) is 0 Å². The zero-order chi connectivity index (χ0) is 26.2. The largest absolute Gasteiger partial charge is 0.493 e. The topological polar surface area (TPSA) is 72.4 Å². The van der Waals surface area contributed by atoms with Crippen molar-refractivity contribution in [1.29, 1.82) is 0 Å². The molecule has 1 aromatic carbocycles. The molecule has 0 bridgehead atoms. The van der Waals surface area contributed by atoms with Gasteiger partial charge in [0.15, 0.2) is 11.5 Å². The molecule has 2 aliphatic heterocycles. The number of aliphatic imine (C=N–C) groups is 1. The van der Waals surface area contributed by atoms with Gasteiger partial charge in [-0.25, -0.2) is 0 Å². The zero-order valence-electron chi connectivity index (χ0n) is 22.3. The number of nitrogens with zero attached hydrogens (tertiary/aromatic N) is 2. The van der Waals surface area contributed by atoms with Gasteiger partial charge in [0.25, 0.3) is 5.91 Å². The van der Waals surface area contributed by atoms with Crippen LogP contribution in [-0.2, 0) is 0 Å². The van der Waals surface area contributed by atoms with Gasteiger partial charge in [-0.3, -0.25) is 9.79 Å². The van der Waals surface area contributed by atoms with Gasteiger partial charge in [0.2, 0.25) is 11.5 Å². The van der Waals surface area contributed by atoms with Crippen LogP contribution in [0.2, 0.25) is 0 Å². The SMILES string of the molecule is C=CC.C=CC(C)/C(=C\C)N=C(C)CN(CC1CNC1)C(=O)c1cc(OC)c2c(c1)OC(C)(C)O2. The second-order valence-electron chi connectivity index (χ2n) is 9.31. The Labute approximate surface area is 210 Å². The molecule has 3 rings (SSSR count). The summed E-state index contributed by atoms with van der Waals surface area (Å²) < 4.78 is 17.2. The van der Waals surface area contributed by atoms with Gasteiger partial charge < -0.3 is 24.4 Å². The van der Waals surface area contributed by atoms with E-state index in [1.807, 2.05) is 51.7 Å². The van der Waals surface area contributed by atoms with Gasteiger partial charge in [-0.2, -0.15) is 0 Å². The first-order chi connectivity index (χ1) is 16.6. The Morgan fingerprint density at radius 2 is 1.97 bits per heavy atom. The summed E-state index contributed by atoms with van der Waals surface area (Å²) in [7, 11) is 1.56. The highest BCUT2D eigenvalue weighted by atomic mass is 16.7. The summed E-state index contributed by atoms with van der Waals surface area (Å²) in [5.41, 5.74) is 2.33. The van der Waals surface area contributed by atoms with Gasteiger partial charge in [0.1, 0.15) is 0 Å². The maximum Gasteiger partial charge on any atom is 0.254 e. The lowest BCUT2D eigenvalue weighted by Gasteiger charge is -2.33. The highest BCUT2D eigenvalue weighted by Crippen LogP contribution is 2.46. The van der Waals surface area contributed by atoms with E-state index in [2.05, 4.69) is 25.4 Å². The average molecular weight is 484 g/mol. The monoisotopic (exact) mass is 483 g/mol. The molecule has 192 valence electrons. The number of amides is 1. The summed E-state index contributed by atoms with van der Waals surface area (Å²) in [6.07, 6.45) is 5.61. The number of methoxy groups -OCH3 is 1. The van der Waals surface area contributed by atoms with Crippen molar-refractivity contribution in [3.8, 4) is 17.2 Å². The first kappa shape index (κ1) is 28.2. The average Bonchev–Trinajstić information content (AvgIpc) is 3.11. The van der Waals surface area contributed by atoms with Crippen LogP contribution < -0.4 is 19.5 Å². The summed E-state index contributed by atoms with van der Waals surface area (Å²) in [5.74, 6) is 1.22. The Bertz CT molecular complexity index is 977. The third-order valence-electron chi connectivity index (χ3n) is 5.68. The highest BCUT2D eigenvalue weighted by molar-refractivity contribution is 5.98. The van der Waals surface area contributed by atoms with Gasteiger partial charge in [-0.15, -0.1) is 13.2 Å². The molecule has 0 radical (unpaired) electrons. The first-order valence-electron chi connectivity index (χ1n) is 12.1. The Morgan fingerprint density at radius 3 is 2.49 bits per heavy atom. The Balaban J connectivity index is 0.00000137. The van der Waals surface area contributed by atoms with E-state index in [1.165, 1.54) is 0 Å². The number of hydrogen-bond acceptors (Lipinski definition) is 6. The second-order valence-corrected chi connectivity index (χ2v) is 9.31. The van der Waals surface area contributed by atoms with E-state index in [4.69, 9.17) is 19.2 Å². The fourth-order valence-electron chi connectivity index (χ4n) is 3.83. The van der Waals surface area contributed by atoms with Crippen LogP contribution in [0.1, 0.15) is 51.9 Å². The molecule has 2 aliphatic rings. The number of benzene rings is 1. The van der Waals surface area contributed by atoms with E-state index in [0.717, 1.165) is 24.5 Å². The Morgan fingerprint density at radius 1 is 1.31 bits per heavy atom. The molecule has 7 nitrogen and oxygen atoms in total. The van der Waals surface area contributed by atoms with Gasteiger partial charge in [-0.1, -0.05) is 25.2 Å². The van der Waals surface area contributed by atoms with Crippen molar-refractivity contribution in [3.63, 3.8) is 0 Å². The summed E-state index contributed by atoms with van der Waals surface area (Å²) in [6, 6.07) is 3.46. The van der Waals surface area contributed by atoms with Crippen molar-refractivity contribution in [2.24, 2.45) is 16.8 Å². The number of carbonyl (C=O) groups excluding carboxylic acids is 1. The van der Waals surface area contributed by atoms with Gasteiger partial charge in [0, 0.05) is 62.3 Å². The number of rotatable bonds is 9. The third-order valence-corrected chi connectivity index (χ3v) is 5.68. The molecule has 1 N–H and O–H groups in total. The number of fused-ring (bicyclic) bond motifs is 1. The van der Waals surface area contributed by atoms with E-state index in [-0.39, 0.29) is 11.8 Å². The molecule has 2 heterocycles. The van der Waals surface area contributed by atoms with Crippen LogP contribution in [0, 0.1) is 11.8 Å². The fourth-order valence-corrected chi connectivity index (χ4v) is 3.83. The molecule has 0 aliphatic carbocycles. The van der Waals surface area contributed by atoms with E-state index >= 15 is 0 Å². The molecule has 1 unspecified atom stereocenters. The predicted molar refractivity (Wildman–Crippen MR) is 143 cm³/mol. The lowest BCUT2D eigenvalue weighted by atomic mass is 10.0. The molecular weight excluding hydrogens is 442 g/mol. The summed E-state index contributed by atoms with van der Waals surface area (Å²) >= 11 is 0. The molecule has 35 heavy (non-hydrogen) atoms. The normalized spacial score (nSPS) is 17.5. The molecule has 0 aromatic heterocycles. The van der Waals surface area contributed by atoms with Crippen molar-refractivity contribution in [1.82, 2.24) is 10.2 Å². The molecule has 1 aromatic rings. The highest BCUT2D eigenvalue weighted by Gasteiger charge is 2.36. The third kappa shape index (κ3) is 7.46. The van der Waals surface area contributed by atoms with Crippen LogP contribution in [0.3, 0.4) is 0 Å². The number of hydrogen-bond donors (Lipinski definition) is 1. The molecule has 1 atom stereocenters. The number of carbonyl (C=O) groups is 1. The molecule has 1 saturated heterocycles. The van der Waals surface area contributed by atoms with Crippen molar-refractivity contribution in [2.75, 3.05) is 33.3 Å². The number of ether oxygens (including phenoxy) is 3. The molecular formula is C28H41N3O4. The van der Waals surface area contributed by atoms with Gasteiger partial charge in [0.05, 0.1) is 13.7 Å². The van der Waals surface area contributed by atoms with Crippen LogP contribution in [0.5, 0.6) is 17.2 Å². The molecule has 0 spiro atoms. The van der Waals surface area contributed by atoms with Crippen molar-refractivity contribution < 1.29 is 19.0 Å².